The Morgan fingerprint density at radius 2 is 1.56 bits per heavy atom. The Hall–Kier alpha value is -3.16. The van der Waals surface area contributed by atoms with E-state index >= 15 is 0 Å². The summed E-state index contributed by atoms with van der Waals surface area (Å²) in [6.45, 7) is 0. The molecule has 32 heavy (non-hydrogen) atoms. The quantitative estimate of drug-likeness (QED) is 0.493. The highest BCUT2D eigenvalue weighted by molar-refractivity contribution is 7.90. The topological polar surface area (TPSA) is 89.5 Å². The van der Waals surface area contributed by atoms with Gasteiger partial charge in [-0.25, -0.2) is 8.42 Å². The minimum atomic E-state index is -3.48. The zero-order chi connectivity index (χ0) is 23.1. The van der Waals surface area contributed by atoms with Gasteiger partial charge in [0.1, 0.15) is 0 Å². The molecular weight excluding hydrogens is 450 g/mol. The Bertz CT molecular complexity index is 1180. The molecule has 0 spiro atoms. The van der Waals surface area contributed by atoms with Crippen LogP contribution in [0, 0.1) is 0 Å². The molecule has 0 saturated heterocycles. The lowest BCUT2D eigenvalue weighted by atomic mass is 10.0. The molecule has 3 aromatic rings. The van der Waals surface area contributed by atoms with Crippen molar-refractivity contribution < 1.29 is 22.7 Å². The molecule has 1 N–H and O–H groups in total. The van der Waals surface area contributed by atoms with Crippen molar-refractivity contribution in [1.82, 2.24) is 5.32 Å². The third-order valence-corrected chi connectivity index (χ3v) is 6.81. The van der Waals surface area contributed by atoms with Crippen LogP contribution in [0.3, 0.4) is 0 Å². The number of hydrogen-bond acceptors (Lipinski definition) is 5. The second-order valence-electron chi connectivity index (χ2n) is 7.13. The van der Waals surface area contributed by atoms with Crippen LogP contribution >= 0.6 is 11.6 Å². The molecule has 0 fully saturated rings. The molecule has 0 heterocycles. The number of sulfone groups is 1. The lowest BCUT2D eigenvalue weighted by Gasteiger charge is -2.18. The largest absolute Gasteiger partial charge is 0.469 e. The van der Waals surface area contributed by atoms with Gasteiger partial charge in [-0.05, 0) is 47.5 Å². The summed E-state index contributed by atoms with van der Waals surface area (Å²) in [6.07, 6.45) is -0.0444. The Balaban J connectivity index is 1.73. The first-order valence-electron chi connectivity index (χ1n) is 9.78. The molecule has 0 aliphatic carbocycles. The van der Waals surface area contributed by atoms with Gasteiger partial charge in [-0.2, -0.15) is 0 Å². The summed E-state index contributed by atoms with van der Waals surface area (Å²) in [5.41, 5.74) is 1.61. The molecule has 1 unspecified atom stereocenters. The summed E-state index contributed by atoms with van der Waals surface area (Å²) in [5, 5.41) is 3.37. The van der Waals surface area contributed by atoms with Crippen molar-refractivity contribution in [2.24, 2.45) is 0 Å². The average Bonchev–Trinajstić information content (AvgIpc) is 2.80. The second-order valence-corrected chi connectivity index (χ2v) is 9.55. The number of benzene rings is 3. The zero-order valence-corrected chi connectivity index (χ0v) is 18.9. The van der Waals surface area contributed by atoms with Gasteiger partial charge >= 0.3 is 5.97 Å². The van der Waals surface area contributed by atoms with Crippen molar-refractivity contribution in [3.8, 4) is 0 Å². The van der Waals surface area contributed by atoms with E-state index in [1.165, 1.54) is 7.11 Å². The van der Waals surface area contributed by atoms with Gasteiger partial charge in [0.15, 0.2) is 9.84 Å². The number of methoxy groups -OCH3 is 1. The predicted octanol–water partition coefficient (Wildman–Crippen LogP) is 4.35. The number of halogens is 1. The van der Waals surface area contributed by atoms with Gasteiger partial charge in [-0.3, -0.25) is 9.59 Å². The lowest BCUT2D eigenvalue weighted by Crippen LogP contribution is -2.30. The van der Waals surface area contributed by atoms with Crippen LogP contribution in [0.25, 0.3) is 0 Å². The van der Waals surface area contributed by atoms with Crippen molar-refractivity contribution in [1.29, 1.82) is 0 Å². The number of rotatable bonds is 8. The molecule has 0 radical (unpaired) electrons. The zero-order valence-electron chi connectivity index (χ0n) is 17.3. The Kier molecular flexibility index (Phi) is 7.66. The van der Waals surface area contributed by atoms with Crippen molar-refractivity contribution in [2.75, 3.05) is 7.11 Å². The fourth-order valence-corrected chi connectivity index (χ4v) is 4.62. The summed E-state index contributed by atoms with van der Waals surface area (Å²) < 4.78 is 29.8. The van der Waals surface area contributed by atoms with Crippen molar-refractivity contribution in [3.63, 3.8) is 0 Å². The Labute approximate surface area is 192 Å². The van der Waals surface area contributed by atoms with Crippen LogP contribution in [0.2, 0.25) is 5.02 Å². The first-order valence-corrected chi connectivity index (χ1v) is 11.8. The molecule has 0 aliphatic heterocycles. The summed E-state index contributed by atoms with van der Waals surface area (Å²) in [4.78, 5) is 24.8. The van der Waals surface area contributed by atoms with Crippen molar-refractivity contribution in [3.05, 3.63) is 101 Å². The molecule has 6 nitrogen and oxygen atoms in total. The van der Waals surface area contributed by atoms with Crippen LogP contribution in [0.15, 0.2) is 83.8 Å². The maximum Gasteiger partial charge on any atom is 0.307 e. The van der Waals surface area contributed by atoms with Gasteiger partial charge in [-0.15, -0.1) is 0 Å². The van der Waals surface area contributed by atoms with E-state index in [1.54, 1.807) is 78.9 Å². The SMILES string of the molecule is COC(=O)CC(NC(=O)c1ccc(CS(=O)(=O)c2ccccc2)cc1)c1ccc(Cl)cc1. The summed E-state index contributed by atoms with van der Waals surface area (Å²) >= 11 is 5.93. The van der Waals surface area contributed by atoms with E-state index in [4.69, 9.17) is 16.3 Å². The fraction of sp³-hybridized carbons (Fsp3) is 0.167. The number of nitrogens with one attached hydrogen (secondary N) is 1. The number of esters is 1. The van der Waals surface area contributed by atoms with Crippen LogP contribution in [0.4, 0.5) is 0 Å². The van der Waals surface area contributed by atoms with Gasteiger partial charge in [0, 0.05) is 10.6 Å². The van der Waals surface area contributed by atoms with Crippen LogP contribution in [-0.2, 0) is 25.1 Å². The van der Waals surface area contributed by atoms with Crippen LogP contribution in [0.5, 0.6) is 0 Å². The molecule has 166 valence electrons. The molecule has 0 bridgehead atoms. The molecule has 0 aliphatic rings. The van der Waals surface area contributed by atoms with Gasteiger partial charge < -0.3 is 10.1 Å². The van der Waals surface area contributed by atoms with E-state index in [0.717, 1.165) is 0 Å². The summed E-state index contributed by atoms with van der Waals surface area (Å²) in [7, 11) is -2.20. The number of hydrogen-bond donors (Lipinski definition) is 1. The van der Waals surface area contributed by atoms with E-state index < -0.39 is 27.8 Å². The van der Waals surface area contributed by atoms with E-state index in [0.29, 0.717) is 21.7 Å². The lowest BCUT2D eigenvalue weighted by molar-refractivity contribution is -0.141. The predicted molar refractivity (Wildman–Crippen MR) is 122 cm³/mol. The third kappa shape index (κ3) is 6.18. The smallest absolute Gasteiger partial charge is 0.307 e. The molecule has 1 atom stereocenters. The minimum Gasteiger partial charge on any atom is -0.469 e. The van der Waals surface area contributed by atoms with E-state index in [1.807, 2.05) is 0 Å². The summed E-state index contributed by atoms with van der Waals surface area (Å²) in [5.74, 6) is -1.03. The highest BCUT2D eigenvalue weighted by Gasteiger charge is 2.20. The number of carbonyl (C=O) groups excluding carboxylic acids is 2. The second kappa shape index (κ2) is 10.4. The first-order chi connectivity index (χ1) is 15.3. The Morgan fingerprint density at radius 1 is 0.938 bits per heavy atom. The monoisotopic (exact) mass is 471 g/mol. The van der Waals surface area contributed by atoms with Gasteiger partial charge in [0.25, 0.3) is 5.91 Å². The van der Waals surface area contributed by atoms with Crippen LogP contribution in [0.1, 0.15) is 33.9 Å². The van der Waals surface area contributed by atoms with Crippen molar-refractivity contribution >= 4 is 33.3 Å². The first kappa shape index (κ1) is 23.5. The molecule has 3 rings (SSSR count). The maximum atomic E-state index is 12.8. The van der Waals surface area contributed by atoms with Crippen molar-refractivity contribution in [2.45, 2.75) is 23.1 Å². The van der Waals surface area contributed by atoms with Gasteiger partial charge in [0.2, 0.25) is 0 Å². The minimum absolute atomic E-state index is 0.0444. The van der Waals surface area contributed by atoms with Gasteiger partial charge in [-0.1, -0.05) is 54.1 Å². The highest BCUT2D eigenvalue weighted by Crippen LogP contribution is 2.21. The molecule has 8 heteroatoms. The van der Waals surface area contributed by atoms with E-state index in [-0.39, 0.29) is 17.1 Å². The maximum absolute atomic E-state index is 12.8. The summed E-state index contributed by atoms with van der Waals surface area (Å²) in [6, 6.07) is 20.7. The standard InChI is InChI=1S/C24H22ClNO5S/c1-31-23(27)15-22(18-11-13-20(25)14-12-18)26-24(28)19-9-7-17(8-10-19)16-32(29,30)21-5-3-2-4-6-21/h2-14,22H,15-16H2,1H3,(H,26,28). The van der Waals surface area contributed by atoms with E-state index in [2.05, 4.69) is 5.32 Å². The Morgan fingerprint density at radius 3 is 2.16 bits per heavy atom. The molecule has 0 saturated carbocycles. The number of amides is 1. The number of carbonyl (C=O) groups is 2. The van der Waals surface area contributed by atoms with E-state index in [9.17, 15) is 18.0 Å². The molecule has 0 aromatic heterocycles. The normalized spacial score (nSPS) is 12.1. The third-order valence-electron chi connectivity index (χ3n) is 4.85. The van der Waals surface area contributed by atoms with Crippen LogP contribution in [-0.4, -0.2) is 27.4 Å². The number of ether oxygens (including phenoxy) is 1. The highest BCUT2D eigenvalue weighted by atomic mass is 35.5. The molecule has 1 amide bonds. The van der Waals surface area contributed by atoms with Gasteiger partial charge in [0.05, 0.1) is 30.2 Å². The average molecular weight is 472 g/mol. The molecule has 3 aromatic carbocycles. The molecular formula is C24H22ClNO5S. The fourth-order valence-electron chi connectivity index (χ4n) is 3.12. The van der Waals surface area contributed by atoms with Crippen LogP contribution < -0.4 is 5.32 Å².